The average molecular weight is 397 g/mol. The summed E-state index contributed by atoms with van der Waals surface area (Å²) in [7, 11) is -3.57. The number of benzene rings is 2. The van der Waals surface area contributed by atoms with Gasteiger partial charge < -0.3 is 9.47 Å². The highest BCUT2D eigenvalue weighted by Gasteiger charge is 2.49. The minimum atomic E-state index is -3.57. The largest absolute Gasteiger partial charge is 0.454 e. The molecule has 1 atom stereocenters. The van der Waals surface area contributed by atoms with E-state index in [0.29, 0.717) is 11.4 Å². The summed E-state index contributed by atoms with van der Waals surface area (Å²) in [6, 6.07) is 13.1. The maximum atomic E-state index is 13.4. The zero-order valence-electron chi connectivity index (χ0n) is 15.8. The molecule has 0 radical (unpaired) electrons. The van der Waals surface area contributed by atoms with Gasteiger partial charge in [-0.2, -0.15) is 0 Å². The first-order chi connectivity index (χ1) is 13.5. The highest BCUT2D eigenvalue weighted by atomic mass is 32.2. The molecule has 2 aromatic rings. The Morgan fingerprint density at radius 1 is 1.00 bits per heavy atom. The van der Waals surface area contributed by atoms with Gasteiger partial charge in [0, 0.05) is 17.7 Å². The van der Waals surface area contributed by atoms with Gasteiger partial charge in [-0.15, -0.1) is 0 Å². The van der Waals surface area contributed by atoms with Gasteiger partial charge in [0.05, 0.1) is 4.90 Å². The molecule has 5 nitrogen and oxygen atoms in total. The number of nitrogens with zero attached hydrogens (tertiary/aromatic N) is 1. The normalized spacial score (nSPS) is 23.5. The molecule has 0 saturated carbocycles. The van der Waals surface area contributed by atoms with Crippen molar-refractivity contribution in [1.82, 2.24) is 4.31 Å². The van der Waals surface area contributed by atoms with Crippen LogP contribution in [0.15, 0.2) is 59.1 Å². The average Bonchev–Trinajstić information content (AvgIpc) is 3.33. The summed E-state index contributed by atoms with van der Waals surface area (Å²) in [5, 5.41) is 0. The third-order valence-electron chi connectivity index (χ3n) is 6.18. The van der Waals surface area contributed by atoms with Gasteiger partial charge in [0.15, 0.2) is 11.5 Å². The Morgan fingerprint density at radius 2 is 1.79 bits per heavy atom. The van der Waals surface area contributed by atoms with Crippen LogP contribution in [0, 0.1) is 6.92 Å². The lowest BCUT2D eigenvalue weighted by atomic mass is 9.71. The number of ether oxygens (including phenoxy) is 2. The van der Waals surface area contributed by atoms with E-state index in [1.165, 1.54) is 0 Å². The van der Waals surface area contributed by atoms with E-state index in [-0.39, 0.29) is 12.2 Å². The second-order valence-electron chi connectivity index (χ2n) is 7.77. The van der Waals surface area contributed by atoms with Crippen molar-refractivity contribution in [2.24, 2.45) is 0 Å². The van der Waals surface area contributed by atoms with Gasteiger partial charge in [-0.3, -0.25) is 4.31 Å². The Balaban J connectivity index is 1.57. The van der Waals surface area contributed by atoms with Crippen LogP contribution >= 0.6 is 0 Å². The number of allylic oxidation sites excluding steroid dienone is 2. The van der Waals surface area contributed by atoms with Crippen LogP contribution in [0.1, 0.15) is 36.8 Å². The van der Waals surface area contributed by atoms with E-state index >= 15 is 0 Å². The predicted molar refractivity (Wildman–Crippen MR) is 106 cm³/mol. The number of hydrogen-bond donors (Lipinski definition) is 0. The molecule has 1 aliphatic carbocycles. The molecular weight excluding hydrogens is 374 g/mol. The molecule has 0 amide bonds. The lowest BCUT2D eigenvalue weighted by Gasteiger charge is -2.36. The van der Waals surface area contributed by atoms with Crippen molar-refractivity contribution in [3.8, 4) is 11.5 Å². The number of sulfonamides is 1. The SMILES string of the molecule is Cc1ccc(S(=O)(=O)N2CC[C@@]3(c4ccc5c(c4)OCO5)CCCC=C23)cc1. The molecule has 28 heavy (non-hydrogen) atoms. The lowest BCUT2D eigenvalue weighted by Crippen LogP contribution is -2.34. The smallest absolute Gasteiger partial charge is 0.264 e. The maximum absolute atomic E-state index is 13.4. The summed E-state index contributed by atoms with van der Waals surface area (Å²) in [5.74, 6) is 1.50. The molecule has 146 valence electrons. The monoisotopic (exact) mass is 397 g/mol. The Bertz CT molecular complexity index is 1060. The van der Waals surface area contributed by atoms with Crippen LogP contribution < -0.4 is 9.47 Å². The zero-order valence-corrected chi connectivity index (χ0v) is 16.7. The molecule has 2 aliphatic heterocycles. The highest BCUT2D eigenvalue weighted by molar-refractivity contribution is 7.89. The van der Waals surface area contributed by atoms with E-state index in [4.69, 9.17) is 9.47 Å². The zero-order chi connectivity index (χ0) is 19.4. The summed E-state index contributed by atoms with van der Waals surface area (Å²) in [4.78, 5) is 0.353. The minimum Gasteiger partial charge on any atom is -0.454 e. The van der Waals surface area contributed by atoms with Crippen molar-refractivity contribution in [3.05, 3.63) is 65.4 Å². The molecule has 2 heterocycles. The van der Waals surface area contributed by atoms with Crippen LogP contribution in [0.3, 0.4) is 0 Å². The minimum absolute atomic E-state index is 0.239. The van der Waals surface area contributed by atoms with E-state index in [1.54, 1.807) is 16.4 Å². The van der Waals surface area contributed by atoms with Crippen molar-refractivity contribution in [2.75, 3.05) is 13.3 Å². The Hall–Kier alpha value is -2.47. The van der Waals surface area contributed by atoms with Gasteiger partial charge in [0.1, 0.15) is 0 Å². The lowest BCUT2D eigenvalue weighted by molar-refractivity contribution is 0.174. The summed E-state index contributed by atoms with van der Waals surface area (Å²) in [5.41, 5.74) is 2.80. The molecule has 5 rings (SSSR count). The summed E-state index contributed by atoms with van der Waals surface area (Å²) >= 11 is 0. The van der Waals surface area contributed by atoms with E-state index in [0.717, 1.165) is 54.0 Å². The number of hydrogen-bond acceptors (Lipinski definition) is 4. The number of aryl methyl sites for hydroxylation is 1. The van der Waals surface area contributed by atoms with E-state index in [9.17, 15) is 8.42 Å². The van der Waals surface area contributed by atoms with E-state index in [2.05, 4.69) is 12.1 Å². The van der Waals surface area contributed by atoms with Crippen LogP contribution in [0.4, 0.5) is 0 Å². The number of fused-ring (bicyclic) bond motifs is 2. The first kappa shape index (κ1) is 17.6. The summed E-state index contributed by atoms with van der Waals surface area (Å²) in [6.45, 7) is 2.69. The molecule has 1 fully saturated rings. The Morgan fingerprint density at radius 3 is 2.61 bits per heavy atom. The van der Waals surface area contributed by atoms with E-state index in [1.807, 2.05) is 31.2 Å². The molecule has 2 aromatic carbocycles. The fourth-order valence-electron chi connectivity index (χ4n) is 4.69. The van der Waals surface area contributed by atoms with Crippen molar-refractivity contribution in [1.29, 1.82) is 0 Å². The summed E-state index contributed by atoms with van der Waals surface area (Å²) in [6.07, 6.45) is 5.80. The maximum Gasteiger partial charge on any atom is 0.264 e. The van der Waals surface area contributed by atoms with Crippen LogP contribution in [0.25, 0.3) is 0 Å². The second kappa shape index (κ2) is 6.27. The van der Waals surface area contributed by atoms with Crippen molar-refractivity contribution in [3.63, 3.8) is 0 Å². The molecule has 0 N–H and O–H groups in total. The number of rotatable bonds is 3. The standard InChI is InChI=1S/C22H23NO4S/c1-16-5-8-18(9-6-16)28(24,25)23-13-12-22(11-3-2-4-21(22)23)17-7-10-19-20(14-17)27-15-26-19/h4-10,14H,2-3,11-13,15H2,1H3/t22-/m1/s1. The fourth-order valence-corrected chi connectivity index (χ4v) is 6.26. The van der Waals surface area contributed by atoms with Gasteiger partial charge in [-0.25, -0.2) is 8.42 Å². The van der Waals surface area contributed by atoms with Crippen molar-refractivity contribution >= 4 is 10.0 Å². The predicted octanol–water partition coefficient (Wildman–Crippen LogP) is 4.12. The topological polar surface area (TPSA) is 55.8 Å². The van der Waals surface area contributed by atoms with Crippen LogP contribution in [-0.4, -0.2) is 26.1 Å². The molecule has 3 aliphatic rings. The van der Waals surface area contributed by atoms with Crippen molar-refractivity contribution in [2.45, 2.75) is 42.9 Å². The first-order valence-corrected chi connectivity index (χ1v) is 11.1. The van der Waals surface area contributed by atoms with Crippen LogP contribution in [0.2, 0.25) is 0 Å². The Labute approximate surface area is 165 Å². The molecule has 0 bridgehead atoms. The molecule has 0 aromatic heterocycles. The van der Waals surface area contributed by atoms with Gasteiger partial charge in [0.2, 0.25) is 6.79 Å². The van der Waals surface area contributed by atoms with Crippen LogP contribution in [0.5, 0.6) is 11.5 Å². The quantitative estimate of drug-likeness (QED) is 0.782. The van der Waals surface area contributed by atoms with Crippen molar-refractivity contribution < 1.29 is 17.9 Å². The van der Waals surface area contributed by atoms with Gasteiger partial charge in [-0.05, 0) is 62.4 Å². The third kappa shape index (κ3) is 2.54. The third-order valence-corrected chi connectivity index (χ3v) is 8.01. The van der Waals surface area contributed by atoms with Gasteiger partial charge in [0.25, 0.3) is 10.0 Å². The molecule has 6 heteroatoms. The molecular formula is C22H23NO4S. The van der Waals surface area contributed by atoms with Crippen LogP contribution in [-0.2, 0) is 15.4 Å². The highest BCUT2D eigenvalue weighted by Crippen LogP contribution is 2.52. The second-order valence-corrected chi connectivity index (χ2v) is 9.63. The summed E-state index contributed by atoms with van der Waals surface area (Å²) < 4.78 is 39.5. The first-order valence-electron chi connectivity index (χ1n) is 9.71. The van der Waals surface area contributed by atoms with Gasteiger partial charge in [-0.1, -0.05) is 29.8 Å². The molecule has 1 saturated heterocycles. The van der Waals surface area contributed by atoms with Gasteiger partial charge >= 0.3 is 0 Å². The molecule has 0 unspecified atom stereocenters. The molecule has 0 spiro atoms. The fraction of sp³-hybridized carbons (Fsp3) is 0.364. The Kier molecular flexibility index (Phi) is 3.95. The van der Waals surface area contributed by atoms with E-state index < -0.39 is 10.0 Å².